The molecule has 10 nitrogen and oxygen atoms in total. The highest BCUT2D eigenvalue weighted by molar-refractivity contribution is 6.17. The number of hydrogen-bond acceptors (Lipinski definition) is 10. The summed E-state index contributed by atoms with van der Waals surface area (Å²) in [7, 11) is 9.82. The largest absolute Gasteiger partial charge is 0.506 e. The fourth-order valence-corrected chi connectivity index (χ4v) is 10.1. The molecule has 2 atom stereocenters. The monoisotopic (exact) mass is 808 g/mol. The van der Waals surface area contributed by atoms with E-state index in [1.165, 1.54) is 0 Å². The van der Waals surface area contributed by atoms with Crippen molar-refractivity contribution in [2.24, 2.45) is 9.98 Å². The van der Waals surface area contributed by atoms with Gasteiger partial charge in [0.05, 0.1) is 65.5 Å². The Morgan fingerprint density at radius 1 is 0.450 bits per heavy atom. The third kappa shape index (κ3) is 5.90. The number of fused-ring (bicyclic) bond motifs is 4. The zero-order valence-corrected chi connectivity index (χ0v) is 36.4. The second kappa shape index (κ2) is 15.3. The maximum Gasteiger partial charge on any atom is 0.135 e. The number of hydrogen-bond donors (Lipinski definition) is 2. The van der Waals surface area contributed by atoms with E-state index in [9.17, 15) is 10.2 Å². The highest BCUT2D eigenvalue weighted by atomic mass is 16.5. The quantitative estimate of drug-likeness (QED) is 0.148. The molecule has 0 aliphatic carbocycles. The first-order chi connectivity index (χ1) is 28.8. The molecule has 0 spiro atoms. The number of aromatic hydroxyl groups is 2. The Kier molecular flexibility index (Phi) is 10.3. The van der Waals surface area contributed by atoms with Crippen LogP contribution in [0.25, 0.3) is 54.9 Å². The van der Waals surface area contributed by atoms with Crippen molar-refractivity contribution >= 4 is 33.0 Å². The van der Waals surface area contributed by atoms with Crippen molar-refractivity contribution in [2.45, 2.75) is 66.5 Å². The van der Waals surface area contributed by atoms with Crippen LogP contribution in [0.2, 0.25) is 0 Å². The Hall–Kier alpha value is -6.42. The van der Waals surface area contributed by atoms with Crippen molar-refractivity contribution in [1.82, 2.24) is 0 Å². The van der Waals surface area contributed by atoms with Crippen LogP contribution in [0.1, 0.15) is 61.1 Å². The van der Waals surface area contributed by atoms with E-state index in [2.05, 4.69) is 13.8 Å². The number of phenols is 2. The second-order valence-corrected chi connectivity index (χ2v) is 15.8. The zero-order valence-electron chi connectivity index (χ0n) is 36.4. The van der Waals surface area contributed by atoms with Gasteiger partial charge in [-0.1, -0.05) is 24.3 Å². The summed E-state index contributed by atoms with van der Waals surface area (Å²) >= 11 is 0. The third-order valence-electron chi connectivity index (χ3n) is 12.4. The van der Waals surface area contributed by atoms with E-state index in [0.717, 1.165) is 77.8 Å². The number of phenolic OH excluding ortho intramolecular Hbond substituents is 2. The first-order valence-corrected chi connectivity index (χ1v) is 20.2. The van der Waals surface area contributed by atoms with Gasteiger partial charge in [0.2, 0.25) is 0 Å². The van der Waals surface area contributed by atoms with Crippen LogP contribution < -0.4 is 28.4 Å². The Morgan fingerprint density at radius 3 is 1.12 bits per heavy atom. The molecule has 2 aliphatic heterocycles. The standard InChI is InChI=1S/C50H52N2O8/c1-23-19-31-43(27(5)51-23)35(57-9)21-37(59-11)45(31)39-25(3)41(49(53)47-29(39)15-13-17-33(47)55-7)42-26(4)40(30-16-14-18-34(56-8)48(30)50(42)54)46-32-20-24(2)52-28(6)44(32)36(58-10)22-38(46)60-12/h13-18,21-24,53-54H,19-20H2,1-12H3/t23-,24-/m0/s1. The Balaban J connectivity index is 1.61. The molecular weight excluding hydrogens is 757 g/mol. The molecule has 8 rings (SSSR count). The fraction of sp³-hybridized carbons (Fsp3) is 0.320. The molecule has 2 heterocycles. The van der Waals surface area contributed by atoms with Crippen LogP contribution in [0, 0.1) is 13.8 Å². The van der Waals surface area contributed by atoms with Crippen LogP contribution in [0.4, 0.5) is 0 Å². The molecule has 0 radical (unpaired) electrons. The smallest absolute Gasteiger partial charge is 0.135 e. The van der Waals surface area contributed by atoms with Gasteiger partial charge in [0, 0.05) is 56.9 Å². The lowest BCUT2D eigenvalue weighted by molar-refractivity contribution is 0.393. The molecule has 0 fully saturated rings. The fourth-order valence-electron chi connectivity index (χ4n) is 10.1. The van der Waals surface area contributed by atoms with Gasteiger partial charge in [-0.05, 0) is 111 Å². The maximum atomic E-state index is 12.9. The predicted molar refractivity (Wildman–Crippen MR) is 241 cm³/mol. The molecule has 310 valence electrons. The topological polar surface area (TPSA) is 121 Å². The number of benzene rings is 6. The van der Waals surface area contributed by atoms with Crippen LogP contribution in [0.3, 0.4) is 0 Å². The minimum atomic E-state index is -0.0323. The molecule has 6 aromatic rings. The van der Waals surface area contributed by atoms with E-state index < -0.39 is 0 Å². The van der Waals surface area contributed by atoms with E-state index in [1.54, 1.807) is 42.7 Å². The molecule has 0 amide bonds. The van der Waals surface area contributed by atoms with Gasteiger partial charge in [-0.25, -0.2) is 0 Å². The molecule has 60 heavy (non-hydrogen) atoms. The van der Waals surface area contributed by atoms with Crippen LogP contribution in [0.5, 0.6) is 46.0 Å². The van der Waals surface area contributed by atoms with Crippen molar-refractivity contribution in [2.75, 3.05) is 42.7 Å². The molecule has 6 aromatic carbocycles. The van der Waals surface area contributed by atoms with Crippen LogP contribution >= 0.6 is 0 Å². The molecule has 2 N–H and O–H groups in total. The molecule has 0 bridgehead atoms. The molecule has 10 heteroatoms. The summed E-state index contributed by atoms with van der Waals surface area (Å²) in [6, 6.07) is 15.3. The molecule has 0 saturated heterocycles. The summed E-state index contributed by atoms with van der Waals surface area (Å²) in [6.07, 6.45) is 1.25. The average Bonchev–Trinajstić information content (AvgIpc) is 3.23. The van der Waals surface area contributed by atoms with E-state index in [1.807, 2.05) is 76.2 Å². The number of rotatable bonds is 9. The first-order valence-electron chi connectivity index (χ1n) is 20.2. The van der Waals surface area contributed by atoms with Gasteiger partial charge in [-0.3, -0.25) is 9.98 Å². The molecule has 2 aliphatic rings. The Labute approximate surface area is 351 Å². The lowest BCUT2D eigenvalue weighted by Crippen LogP contribution is -2.19. The van der Waals surface area contributed by atoms with Crippen LogP contribution in [-0.2, 0) is 12.8 Å². The van der Waals surface area contributed by atoms with Gasteiger partial charge in [0.1, 0.15) is 46.0 Å². The third-order valence-corrected chi connectivity index (χ3v) is 12.4. The van der Waals surface area contributed by atoms with Gasteiger partial charge < -0.3 is 38.6 Å². The summed E-state index contributed by atoms with van der Waals surface area (Å²) in [5.41, 5.74) is 11.3. The van der Waals surface area contributed by atoms with Crippen molar-refractivity contribution in [3.63, 3.8) is 0 Å². The van der Waals surface area contributed by atoms with Crippen LogP contribution in [-0.4, -0.2) is 76.4 Å². The minimum Gasteiger partial charge on any atom is -0.506 e. The highest BCUT2D eigenvalue weighted by Crippen LogP contribution is 2.58. The Bertz CT molecular complexity index is 2650. The van der Waals surface area contributed by atoms with Crippen molar-refractivity contribution < 1.29 is 38.6 Å². The van der Waals surface area contributed by atoms with Gasteiger partial charge in [0.25, 0.3) is 0 Å². The SMILES string of the molecule is COc1cc(OC)c(-c2c(C)c(-c3c(C)c(-c4c(OC)cc(OC)c5c4C[C@H](C)N=C5C)c4cccc(OC)c4c3O)c(O)c3c(OC)cccc23)c2c1C(C)=N[C@@H](C)C2. The van der Waals surface area contributed by atoms with E-state index in [-0.39, 0.29) is 23.6 Å². The summed E-state index contributed by atoms with van der Waals surface area (Å²) in [5.74, 6) is 3.45. The maximum absolute atomic E-state index is 12.9. The van der Waals surface area contributed by atoms with E-state index in [4.69, 9.17) is 38.4 Å². The van der Waals surface area contributed by atoms with Crippen molar-refractivity contribution in [3.8, 4) is 79.4 Å². The first kappa shape index (κ1) is 40.4. The molecule has 0 saturated carbocycles. The van der Waals surface area contributed by atoms with Gasteiger partial charge in [0.15, 0.2) is 0 Å². The van der Waals surface area contributed by atoms with Crippen LogP contribution in [0.15, 0.2) is 58.5 Å². The molecular formula is C50H52N2O8. The van der Waals surface area contributed by atoms with Gasteiger partial charge in [-0.2, -0.15) is 0 Å². The Morgan fingerprint density at radius 2 is 0.783 bits per heavy atom. The molecule has 0 aromatic heterocycles. The lowest BCUT2D eigenvalue weighted by Gasteiger charge is -2.30. The predicted octanol–water partition coefficient (Wildman–Crippen LogP) is 10.6. The lowest BCUT2D eigenvalue weighted by atomic mass is 9.78. The van der Waals surface area contributed by atoms with E-state index >= 15 is 0 Å². The normalized spacial score (nSPS) is 15.9. The zero-order chi connectivity index (χ0) is 42.9. The van der Waals surface area contributed by atoms with E-state index in [0.29, 0.717) is 69.2 Å². The number of methoxy groups -OCH3 is 6. The number of ether oxygens (including phenoxy) is 6. The highest BCUT2D eigenvalue weighted by Gasteiger charge is 2.35. The summed E-state index contributed by atoms with van der Waals surface area (Å²) in [4.78, 5) is 9.90. The van der Waals surface area contributed by atoms with Crippen molar-refractivity contribution in [1.29, 1.82) is 0 Å². The average molecular weight is 809 g/mol. The summed E-state index contributed by atoms with van der Waals surface area (Å²) in [6.45, 7) is 12.2. The van der Waals surface area contributed by atoms with Crippen molar-refractivity contribution in [3.05, 3.63) is 81.9 Å². The van der Waals surface area contributed by atoms with Gasteiger partial charge >= 0.3 is 0 Å². The number of aliphatic imine (C=N–C) groups is 2. The summed E-state index contributed by atoms with van der Waals surface area (Å²) < 4.78 is 36.4. The minimum absolute atomic E-state index is 0.00522. The number of nitrogens with zero attached hydrogens (tertiary/aromatic N) is 2. The molecule has 0 unspecified atom stereocenters. The van der Waals surface area contributed by atoms with Gasteiger partial charge in [-0.15, -0.1) is 0 Å². The summed E-state index contributed by atoms with van der Waals surface area (Å²) in [5, 5.41) is 28.3. The second-order valence-electron chi connectivity index (χ2n) is 15.8.